The Hall–Kier alpha value is -1.71. The van der Waals surface area contributed by atoms with Crippen LogP contribution in [0, 0.1) is 13.7 Å². The standard InChI is InChI=1S/C12H15NO3/c1-8-3-9(2)5-10(4-8)15-7-11-6-13-12(14)16-11/h3-5,11H,6-7H2,1-2H3,(H,13,14)/i1D3,2D3. The summed E-state index contributed by atoms with van der Waals surface area (Å²) in [5, 5.41) is 2.46. The summed E-state index contributed by atoms with van der Waals surface area (Å²) >= 11 is 0. The van der Waals surface area contributed by atoms with E-state index in [4.69, 9.17) is 17.7 Å². The van der Waals surface area contributed by atoms with Gasteiger partial charge in [-0.15, -0.1) is 0 Å². The van der Waals surface area contributed by atoms with Gasteiger partial charge in [-0.05, 0) is 37.0 Å². The summed E-state index contributed by atoms with van der Waals surface area (Å²) in [7, 11) is 0. The predicted octanol–water partition coefficient (Wildman–Crippen LogP) is 1.79. The quantitative estimate of drug-likeness (QED) is 0.856. The van der Waals surface area contributed by atoms with Crippen LogP contribution in [0.15, 0.2) is 18.2 Å². The lowest BCUT2D eigenvalue weighted by Gasteiger charge is -2.11. The van der Waals surface area contributed by atoms with Crippen LogP contribution in [0.25, 0.3) is 0 Å². The zero-order valence-electron chi connectivity index (χ0n) is 14.4. The molecular weight excluding hydrogens is 206 g/mol. The summed E-state index contributed by atoms with van der Waals surface area (Å²) in [6.45, 7) is -4.60. The number of hydrogen-bond acceptors (Lipinski definition) is 3. The number of rotatable bonds is 3. The lowest BCUT2D eigenvalue weighted by Crippen LogP contribution is -2.21. The molecule has 0 bridgehead atoms. The van der Waals surface area contributed by atoms with E-state index >= 15 is 0 Å². The number of nitrogens with one attached hydrogen (secondary N) is 1. The van der Waals surface area contributed by atoms with Crippen molar-refractivity contribution in [2.75, 3.05) is 13.2 Å². The number of ether oxygens (including phenoxy) is 2. The molecule has 1 aromatic carbocycles. The minimum atomic E-state index is -2.44. The van der Waals surface area contributed by atoms with Gasteiger partial charge in [0.25, 0.3) is 0 Å². The van der Waals surface area contributed by atoms with Gasteiger partial charge in [0, 0.05) is 8.22 Å². The Labute approximate surface area is 103 Å². The molecule has 1 fully saturated rings. The first kappa shape index (κ1) is 5.57. The normalized spacial score (nSPS) is 26.2. The third-order valence-electron chi connectivity index (χ3n) is 2.09. The van der Waals surface area contributed by atoms with Crippen LogP contribution in [-0.4, -0.2) is 25.3 Å². The first-order valence-electron chi connectivity index (χ1n) is 7.79. The molecule has 1 aliphatic rings. The topological polar surface area (TPSA) is 47.6 Å². The van der Waals surface area contributed by atoms with Gasteiger partial charge in [0.2, 0.25) is 0 Å². The van der Waals surface area contributed by atoms with E-state index in [1.165, 1.54) is 12.1 Å². The molecule has 0 aromatic heterocycles. The predicted molar refractivity (Wildman–Crippen MR) is 59.7 cm³/mol. The van der Waals surface area contributed by atoms with Gasteiger partial charge >= 0.3 is 6.09 Å². The number of cyclic esters (lactones) is 1. The Morgan fingerprint density at radius 2 is 2.25 bits per heavy atom. The number of carbonyl (C=O) groups excluding carboxylic acids is 1. The van der Waals surface area contributed by atoms with Crippen molar-refractivity contribution < 1.29 is 22.5 Å². The Kier molecular flexibility index (Phi) is 1.54. The average Bonchev–Trinajstić information content (AvgIpc) is 2.80. The molecule has 0 spiro atoms. The molecule has 0 aliphatic carbocycles. The molecule has 1 aromatic rings. The molecule has 2 rings (SSSR count). The number of carbonyl (C=O) groups is 1. The van der Waals surface area contributed by atoms with E-state index in [9.17, 15) is 4.79 Å². The third-order valence-corrected chi connectivity index (χ3v) is 2.09. The van der Waals surface area contributed by atoms with Crippen LogP contribution in [0.1, 0.15) is 19.4 Å². The van der Waals surface area contributed by atoms with Gasteiger partial charge in [0.05, 0.1) is 6.54 Å². The largest absolute Gasteiger partial charge is 0.490 e. The summed E-state index contributed by atoms with van der Waals surface area (Å²) in [5.41, 5.74) is -0.227. The van der Waals surface area contributed by atoms with E-state index in [-0.39, 0.29) is 30.0 Å². The van der Waals surface area contributed by atoms with E-state index in [0.717, 1.165) is 6.07 Å². The molecule has 1 unspecified atom stereocenters. The van der Waals surface area contributed by atoms with Crippen molar-refractivity contribution in [3.05, 3.63) is 29.3 Å². The highest BCUT2D eigenvalue weighted by Crippen LogP contribution is 2.16. The van der Waals surface area contributed by atoms with Crippen LogP contribution < -0.4 is 10.1 Å². The third kappa shape index (κ3) is 2.66. The van der Waals surface area contributed by atoms with E-state index in [0.29, 0.717) is 0 Å². The maximum atomic E-state index is 10.9. The van der Waals surface area contributed by atoms with Crippen molar-refractivity contribution >= 4 is 6.09 Å². The lowest BCUT2D eigenvalue weighted by molar-refractivity contribution is 0.105. The molecule has 0 radical (unpaired) electrons. The first-order chi connectivity index (χ1) is 10.1. The van der Waals surface area contributed by atoms with Crippen LogP contribution in [0.2, 0.25) is 0 Å². The van der Waals surface area contributed by atoms with E-state index < -0.39 is 25.9 Å². The van der Waals surface area contributed by atoms with Gasteiger partial charge in [-0.3, -0.25) is 0 Å². The summed E-state index contributed by atoms with van der Waals surface area (Å²) in [4.78, 5) is 10.9. The summed E-state index contributed by atoms with van der Waals surface area (Å²) < 4.78 is 54.7. The Bertz CT molecular complexity index is 537. The Morgan fingerprint density at radius 1 is 1.50 bits per heavy atom. The molecule has 1 N–H and O–H groups in total. The Balaban J connectivity index is 2.20. The van der Waals surface area contributed by atoms with Crippen LogP contribution in [0.3, 0.4) is 0 Å². The van der Waals surface area contributed by atoms with Crippen molar-refractivity contribution in [2.24, 2.45) is 0 Å². The SMILES string of the molecule is [2H]C([2H])([2H])c1cc(OCC2CNC(=O)O2)cc(C([2H])([2H])[2H])c1. The molecule has 86 valence electrons. The highest BCUT2D eigenvalue weighted by atomic mass is 16.6. The molecule has 1 saturated heterocycles. The number of amides is 1. The molecular formula is C12H15NO3. The van der Waals surface area contributed by atoms with Gasteiger partial charge in [-0.25, -0.2) is 4.79 Å². The van der Waals surface area contributed by atoms with Crippen LogP contribution in [-0.2, 0) is 4.74 Å². The molecule has 1 aliphatic heterocycles. The maximum Gasteiger partial charge on any atom is 0.407 e. The molecule has 1 amide bonds. The monoisotopic (exact) mass is 227 g/mol. The van der Waals surface area contributed by atoms with Gasteiger partial charge in [-0.2, -0.15) is 0 Å². The summed E-state index contributed by atoms with van der Waals surface area (Å²) in [6, 6.07) is 3.67. The van der Waals surface area contributed by atoms with Crippen molar-refractivity contribution in [1.29, 1.82) is 0 Å². The van der Waals surface area contributed by atoms with Gasteiger partial charge in [-0.1, -0.05) is 6.07 Å². The number of hydrogen-bond donors (Lipinski definition) is 1. The van der Waals surface area contributed by atoms with E-state index in [1.807, 2.05) is 0 Å². The van der Waals surface area contributed by atoms with Crippen LogP contribution in [0.5, 0.6) is 5.75 Å². The fraction of sp³-hybridized carbons (Fsp3) is 0.417. The fourth-order valence-corrected chi connectivity index (χ4v) is 1.40. The van der Waals surface area contributed by atoms with Gasteiger partial charge < -0.3 is 14.8 Å². The molecule has 1 heterocycles. The average molecular weight is 227 g/mol. The molecule has 16 heavy (non-hydrogen) atoms. The molecule has 4 nitrogen and oxygen atoms in total. The fourth-order valence-electron chi connectivity index (χ4n) is 1.40. The van der Waals surface area contributed by atoms with Crippen molar-refractivity contribution in [2.45, 2.75) is 19.8 Å². The second-order valence-electron chi connectivity index (χ2n) is 3.47. The van der Waals surface area contributed by atoms with Crippen molar-refractivity contribution in [3.63, 3.8) is 0 Å². The highest BCUT2D eigenvalue weighted by Gasteiger charge is 2.22. The van der Waals surface area contributed by atoms with Gasteiger partial charge in [0.15, 0.2) is 6.10 Å². The zero-order chi connectivity index (χ0) is 16.5. The van der Waals surface area contributed by atoms with Crippen LogP contribution >= 0.6 is 0 Å². The van der Waals surface area contributed by atoms with Crippen molar-refractivity contribution in [3.8, 4) is 5.75 Å². The summed E-state index contributed by atoms with van der Waals surface area (Å²) in [5.74, 6) is 0.114. The molecule has 4 heteroatoms. The van der Waals surface area contributed by atoms with Crippen LogP contribution in [0.4, 0.5) is 4.79 Å². The Morgan fingerprint density at radius 3 is 2.81 bits per heavy atom. The lowest BCUT2D eigenvalue weighted by atomic mass is 10.1. The number of benzene rings is 1. The van der Waals surface area contributed by atoms with E-state index in [2.05, 4.69) is 5.32 Å². The second-order valence-corrected chi connectivity index (χ2v) is 3.47. The van der Waals surface area contributed by atoms with Gasteiger partial charge in [0.1, 0.15) is 12.4 Å². The highest BCUT2D eigenvalue weighted by molar-refractivity contribution is 5.69. The molecule has 1 atom stereocenters. The minimum absolute atomic E-state index is 0.00360. The number of aryl methyl sites for hydroxylation is 2. The maximum absolute atomic E-state index is 10.9. The smallest absolute Gasteiger partial charge is 0.407 e. The van der Waals surface area contributed by atoms with Crippen molar-refractivity contribution in [1.82, 2.24) is 5.32 Å². The second kappa shape index (κ2) is 4.43. The van der Waals surface area contributed by atoms with E-state index in [1.54, 1.807) is 0 Å². The number of alkyl carbamates (subject to hydrolysis) is 1. The zero-order valence-corrected chi connectivity index (χ0v) is 8.45. The molecule has 0 saturated carbocycles. The first-order valence-corrected chi connectivity index (χ1v) is 4.79. The summed E-state index contributed by atoms with van der Waals surface area (Å²) in [6.07, 6.45) is -1.05. The minimum Gasteiger partial charge on any atom is -0.490 e.